The number of ketones is 1. The SMILES string of the molecule is CC#CCC(=O)c1cc(F)ccc1C(F)(F)F. The lowest BCUT2D eigenvalue weighted by Crippen LogP contribution is -2.13. The quantitative estimate of drug-likeness (QED) is 0.442. The molecule has 0 atom stereocenters. The zero-order valence-corrected chi connectivity index (χ0v) is 8.86. The number of rotatable bonds is 2. The summed E-state index contributed by atoms with van der Waals surface area (Å²) in [7, 11) is 0. The van der Waals surface area contributed by atoms with Gasteiger partial charge in [0.25, 0.3) is 0 Å². The van der Waals surface area contributed by atoms with Gasteiger partial charge in [-0.1, -0.05) is 5.92 Å². The third-order valence-electron chi connectivity index (χ3n) is 2.01. The molecule has 0 aliphatic heterocycles. The van der Waals surface area contributed by atoms with Gasteiger partial charge in [0.1, 0.15) is 5.82 Å². The average molecular weight is 244 g/mol. The van der Waals surface area contributed by atoms with Crippen molar-refractivity contribution in [3.8, 4) is 11.8 Å². The van der Waals surface area contributed by atoms with E-state index in [2.05, 4.69) is 11.8 Å². The third kappa shape index (κ3) is 3.31. The molecule has 5 heteroatoms. The number of alkyl halides is 3. The van der Waals surface area contributed by atoms with Crippen molar-refractivity contribution in [1.29, 1.82) is 0 Å². The molecule has 1 rings (SSSR count). The molecule has 0 spiro atoms. The van der Waals surface area contributed by atoms with E-state index in [0.717, 1.165) is 0 Å². The molecule has 0 aliphatic rings. The Labute approximate surface area is 95.4 Å². The van der Waals surface area contributed by atoms with Crippen LogP contribution in [0.3, 0.4) is 0 Å². The lowest BCUT2D eigenvalue weighted by molar-refractivity contribution is -0.137. The van der Waals surface area contributed by atoms with Crippen molar-refractivity contribution in [1.82, 2.24) is 0 Å². The van der Waals surface area contributed by atoms with Crippen molar-refractivity contribution in [3.05, 3.63) is 35.1 Å². The number of carbonyl (C=O) groups is 1. The largest absolute Gasteiger partial charge is 0.417 e. The maximum absolute atomic E-state index is 12.9. The first-order valence-electron chi connectivity index (χ1n) is 4.66. The summed E-state index contributed by atoms with van der Waals surface area (Å²) in [6.07, 6.45) is -5.04. The van der Waals surface area contributed by atoms with Crippen LogP contribution in [0.1, 0.15) is 29.3 Å². The van der Waals surface area contributed by atoms with Gasteiger partial charge in [-0.2, -0.15) is 13.2 Å². The standard InChI is InChI=1S/C12H8F4O/c1-2-3-4-11(17)9-7-8(13)5-6-10(9)12(14,15)16/h5-7H,4H2,1H3. The molecule has 90 valence electrons. The summed E-state index contributed by atoms with van der Waals surface area (Å²) in [6, 6.07) is 1.82. The van der Waals surface area contributed by atoms with Crippen LogP contribution >= 0.6 is 0 Å². The third-order valence-corrected chi connectivity index (χ3v) is 2.01. The summed E-state index contributed by atoms with van der Waals surface area (Å²) >= 11 is 0. The minimum absolute atomic E-state index is 0.358. The van der Waals surface area contributed by atoms with Crippen LogP contribution in [-0.2, 0) is 6.18 Å². The highest BCUT2D eigenvalue weighted by atomic mass is 19.4. The van der Waals surface area contributed by atoms with Crippen LogP contribution in [-0.4, -0.2) is 5.78 Å². The second-order valence-corrected chi connectivity index (χ2v) is 3.21. The predicted molar refractivity (Wildman–Crippen MR) is 53.8 cm³/mol. The lowest BCUT2D eigenvalue weighted by atomic mass is 10.0. The fourth-order valence-electron chi connectivity index (χ4n) is 1.26. The molecule has 0 saturated heterocycles. The maximum Gasteiger partial charge on any atom is 0.417 e. The van der Waals surface area contributed by atoms with E-state index in [1.54, 1.807) is 0 Å². The second kappa shape index (κ2) is 5.00. The maximum atomic E-state index is 12.9. The molecule has 0 saturated carbocycles. The Kier molecular flexibility index (Phi) is 3.89. The average Bonchev–Trinajstić information content (AvgIpc) is 2.24. The van der Waals surface area contributed by atoms with Gasteiger partial charge >= 0.3 is 6.18 Å². The Bertz CT molecular complexity index is 491. The summed E-state index contributed by atoms with van der Waals surface area (Å²) in [4.78, 5) is 11.5. The van der Waals surface area contributed by atoms with Gasteiger partial charge in [0.2, 0.25) is 0 Å². The van der Waals surface area contributed by atoms with Gasteiger partial charge in [-0.25, -0.2) is 4.39 Å². The van der Waals surface area contributed by atoms with Crippen LogP contribution in [0.2, 0.25) is 0 Å². The van der Waals surface area contributed by atoms with E-state index in [9.17, 15) is 22.4 Å². The summed E-state index contributed by atoms with van der Waals surface area (Å²) in [6.45, 7) is 1.46. The van der Waals surface area contributed by atoms with Crippen LogP contribution in [0.4, 0.5) is 17.6 Å². The minimum Gasteiger partial charge on any atom is -0.293 e. The second-order valence-electron chi connectivity index (χ2n) is 3.21. The van der Waals surface area contributed by atoms with E-state index >= 15 is 0 Å². The highest BCUT2D eigenvalue weighted by molar-refractivity contribution is 5.99. The molecular weight excluding hydrogens is 236 g/mol. The highest BCUT2D eigenvalue weighted by Crippen LogP contribution is 2.32. The van der Waals surface area contributed by atoms with E-state index in [1.807, 2.05) is 0 Å². The Balaban J connectivity index is 3.23. The van der Waals surface area contributed by atoms with Crippen molar-refractivity contribution >= 4 is 5.78 Å². The number of benzene rings is 1. The molecule has 0 amide bonds. The molecule has 0 N–H and O–H groups in total. The van der Waals surface area contributed by atoms with E-state index in [4.69, 9.17) is 0 Å². The van der Waals surface area contributed by atoms with E-state index in [1.165, 1.54) is 6.92 Å². The molecular formula is C12H8F4O. The van der Waals surface area contributed by atoms with Crippen molar-refractivity contribution in [2.45, 2.75) is 19.5 Å². The van der Waals surface area contributed by atoms with Crippen LogP contribution in [0.5, 0.6) is 0 Å². The zero-order chi connectivity index (χ0) is 13.1. The van der Waals surface area contributed by atoms with Gasteiger partial charge in [0, 0.05) is 5.56 Å². The molecule has 1 aromatic carbocycles. The first kappa shape index (κ1) is 13.2. The number of carbonyl (C=O) groups excluding carboxylic acids is 1. The number of hydrogen-bond acceptors (Lipinski definition) is 1. The molecule has 0 aliphatic carbocycles. The summed E-state index contributed by atoms with van der Waals surface area (Å²) in [5, 5.41) is 0. The van der Waals surface area contributed by atoms with E-state index < -0.39 is 28.9 Å². The molecule has 0 fully saturated rings. The number of hydrogen-bond donors (Lipinski definition) is 0. The predicted octanol–water partition coefficient (Wildman–Crippen LogP) is 3.44. The van der Waals surface area contributed by atoms with Crippen LogP contribution < -0.4 is 0 Å². The van der Waals surface area contributed by atoms with Gasteiger partial charge in [-0.15, -0.1) is 5.92 Å². The number of halogens is 4. The van der Waals surface area contributed by atoms with E-state index in [-0.39, 0.29) is 6.42 Å². The summed E-state index contributed by atoms with van der Waals surface area (Å²) in [5.41, 5.74) is -1.82. The first-order chi connectivity index (χ1) is 7.86. The highest BCUT2D eigenvalue weighted by Gasteiger charge is 2.35. The molecule has 1 aromatic rings. The number of Topliss-reactive ketones (excluding diaryl/α,β-unsaturated/α-hetero) is 1. The Hall–Kier alpha value is -1.83. The summed E-state index contributed by atoms with van der Waals surface area (Å²) < 4.78 is 50.5. The van der Waals surface area contributed by atoms with Gasteiger partial charge in [-0.3, -0.25) is 4.79 Å². The van der Waals surface area contributed by atoms with E-state index in [0.29, 0.717) is 18.2 Å². The van der Waals surface area contributed by atoms with Gasteiger partial charge in [0.05, 0.1) is 12.0 Å². The summed E-state index contributed by atoms with van der Waals surface area (Å²) in [5.74, 6) is 3.03. The molecule has 17 heavy (non-hydrogen) atoms. The van der Waals surface area contributed by atoms with Gasteiger partial charge in [0.15, 0.2) is 5.78 Å². The Morgan fingerprint density at radius 2 is 2.00 bits per heavy atom. The smallest absolute Gasteiger partial charge is 0.293 e. The Morgan fingerprint density at radius 3 is 2.53 bits per heavy atom. The first-order valence-corrected chi connectivity index (χ1v) is 4.66. The topological polar surface area (TPSA) is 17.1 Å². The molecule has 0 heterocycles. The molecule has 1 nitrogen and oxygen atoms in total. The molecule has 0 aromatic heterocycles. The fraction of sp³-hybridized carbons (Fsp3) is 0.250. The molecule has 0 radical (unpaired) electrons. The van der Waals surface area contributed by atoms with Crippen LogP contribution in [0.25, 0.3) is 0 Å². The van der Waals surface area contributed by atoms with Crippen molar-refractivity contribution in [2.24, 2.45) is 0 Å². The zero-order valence-electron chi connectivity index (χ0n) is 8.86. The lowest BCUT2D eigenvalue weighted by Gasteiger charge is -2.11. The van der Waals surface area contributed by atoms with Crippen LogP contribution in [0, 0.1) is 17.7 Å². The van der Waals surface area contributed by atoms with Crippen LogP contribution in [0.15, 0.2) is 18.2 Å². The monoisotopic (exact) mass is 244 g/mol. The molecule has 0 unspecified atom stereocenters. The Morgan fingerprint density at radius 1 is 1.35 bits per heavy atom. The van der Waals surface area contributed by atoms with Crippen molar-refractivity contribution in [2.75, 3.05) is 0 Å². The van der Waals surface area contributed by atoms with Gasteiger partial charge in [-0.05, 0) is 25.1 Å². The van der Waals surface area contributed by atoms with Crippen molar-refractivity contribution in [3.63, 3.8) is 0 Å². The normalized spacial score (nSPS) is 10.6. The fourth-order valence-corrected chi connectivity index (χ4v) is 1.26. The minimum atomic E-state index is -4.68. The molecule has 0 bridgehead atoms. The van der Waals surface area contributed by atoms with Gasteiger partial charge < -0.3 is 0 Å². The van der Waals surface area contributed by atoms with Crippen molar-refractivity contribution < 1.29 is 22.4 Å².